The van der Waals surface area contributed by atoms with Gasteiger partial charge in [0.1, 0.15) is 0 Å². The molecule has 1 aliphatic heterocycles. The van der Waals surface area contributed by atoms with Crippen LogP contribution in [0.2, 0.25) is 0 Å². The van der Waals surface area contributed by atoms with Crippen LogP contribution in [0.1, 0.15) is 20.3 Å². The van der Waals surface area contributed by atoms with Crippen molar-refractivity contribution in [3.05, 3.63) is 24.0 Å². The number of rotatable bonds is 2. The molecule has 1 rings (SSSR count). The third kappa shape index (κ3) is 1.60. The minimum Gasteiger partial charge on any atom is -0.351 e. The first-order chi connectivity index (χ1) is 4.33. The first kappa shape index (κ1) is 6.40. The largest absolute Gasteiger partial charge is 0.351 e. The molecule has 0 aromatic heterocycles. The van der Waals surface area contributed by atoms with Gasteiger partial charge in [0.25, 0.3) is 0 Å². The molecular formula is C8H13N. The summed E-state index contributed by atoms with van der Waals surface area (Å²) in [6.45, 7) is 5.43. The standard InChI is InChI=1S/C8H13N/c1-3-8(2)7-9-5-4-6-9/h4-5,7H,3,6H2,1-2H3/b8-7-. The molecule has 1 nitrogen and oxygen atoms in total. The molecule has 50 valence electrons. The first-order valence-electron chi connectivity index (χ1n) is 3.42. The van der Waals surface area contributed by atoms with E-state index >= 15 is 0 Å². The van der Waals surface area contributed by atoms with Crippen molar-refractivity contribution in [2.45, 2.75) is 20.3 Å². The number of nitrogens with zero attached hydrogens (tertiary/aromatic N) is 1. The van der Waals surface area contributed by atoms with E-state index < -0.39 is 0 Å². The van der Waals surface area contributed by atoms with Gasteiger partial charge in [-0.2, -0.15) is 0 Å². The summed E-state index contributed by atoms with van der Waals surface area (Å²) in [6.07, 6.45) is 7.60. The fourth-order valence-electron chi connectivity index (χ4n) is 0.697. The minimum absolute atomic E-state index is 1.09. The molecule has 9 heavy (non-hydrogen) atoms. The Hall–Kier alpha value is -0.720. The van der Waals surface area contributed by atoms with Crippen molar-refractivity contribution < 1.29 is 0 Å². The molecule has 0 bridgehead atoms. The lowest BCUT2D eigenvalue weighted by atomic mass is 10.2. The van der Waals surface area contributed by atoms with Gasteiger partial charge in [0.15, 0.2) is 0 Å². The van der Waals surface area contributed by atoms with Crippen LogP contribution < -0.4 is 0 Å². The van der Waals surface area contributed by atoms with Gasteiger partial charge in [0.2, 0.25) is 0 Å². The van der Waals surface area contributed by atoms with Crippen molar-refractivity contribution in [1.82, 2.24) is 4.90 Å². The Morgan fingerprint density at radius 3 is 2.78 bits per heavy atom. The van der Waals surface area contributed by atoms with E-state index in [4.69, 9.17) is 0 Å². The minimum atomic E-state index is 1.09. The maximum absolute atomic E-state index is 2.19. The van der Waals surface area contributed by atoms with Crippen molar-refractivity contribution >= 4 is 0 Å². The van der Waals surface area contributed by atoms with E-state index in [0.29, 0.717) is 0 Å². The predicted molar refractivity (Wildman–Crippen MR) is 39.9 cm³/mol. The monoisotopic (exact) mass is 123 g/mol. The highest BCUT2D eigenvalue weighted by Gasteiger charge is 1.99. The normalized spacial score (nSPS) is 18.0. The number of hydrogen-bond donors (Lipinski definition) is 0. The zero-order chi connectivity index (χ0) is 6.69. The van der Waals surface area contributed by atoms with Crippen LogP contribution in [-0.2, 0) is 0 Å². The Labute approximate surface area is 56.7 Å². The molecule has 0 fully saturated rings. The number of allylic oxidation sites excluding steroid dienone is 1. The van der Waals surface area contributed by atoms with Crippen LogP contribution in [0.5, 0.6) is 0 Å². The molecule has 0 atom stereocenters. The Bertz CT molecular complexity index is 145. The van der Waals surface area contributed by atoms with Gasteiger partial charge in [-0.25, -0.2) is 0 Å². The van der Waals surface area contributed by atoms with Crippen LogP contribution in [0.25, 0.3) is 0 Å². The van der Waals surface area contributed by atoms with E-state index in [1.807, 2.05) is 0 Å². The third-order valence-electron chi connectivity index (χ3n) is 1.56. The Kier molecular flexibility index (Phi) is 1.93. The van der Waals surface area contributed by atoms with E-state index in [1.54, 1.807) is 0 Å². The maximum atomic E-state index is 2.19. The van der Waals surface area contributed by atoms with Crippen molar-refractivity contribution in [3.63, 3.8) is 0 Å². The zero-order valence-electron chi connectivity index (χ0n) is 6.09. The average Bonchev–Trinajstić information content (AvgIpc) is 1.78. The van der Waals surface area contributed by atoms with E-state index in [1.165, 1.54) is 5.57 Å². The second-order valence-electron chi connectivity index (χ2n) is 2.41. The van der Waals surface area contributed by atoms with Crippen molar-refractivity contribution in [2.75, 3.05) is 6.54 Å². The van der Waals surface area contributed by atoms with Gasteiger partial charge >= 0.3 is 0 Å². The second-order valence-corrected chi connectivity index (χ2v) is 2.41. The number of hydrogen-bond acceptors (Lipinski definition) is 1. The average molecular weight is 123 g/mol. The van der Waals surface area contributed by atoms with E-state index in [2.05, 4.69) is 37.2 Å². The Morgan fingerprint density at radius 1 is 1.78 bits per heavy atom. The maximum Gasteiger partial charge on any atom is 0.0417 e. The van der Waals surface area contributed by atoms with Crippen LogP contribution in [0.15, 0.2) is 24.0 Å². The summed E-state index contributed by atoms with van der Waals surface area (Å²) in [5.41, 5.74) is 1.44. The van der Waals surface area contributed by atoms with E-state index in [-0.39, 0.29) is 0 Å². The molecule has 0 saturated heterocycles. The molecule has 0 N–H and O–H groups in total. The molecule has 0 spiro atoms. The molecule has 0 amide bonds. The van der Waals surface area contributed by atoms with Gasteiger partial charge in [-0.15, -0.1) is 0 Å². The summed E-state index contributed by atoms with van der Waals surface area (Å²) in [5, 5.41) is 0. The van der Waals surface area contributed by atoms with Crippen LogP contribution in [0.4, 0.5) is 0 Å². The summed E-state index contributed by atoms with van der Waals surface area (Å²) in [4.78, 5) is 2.19. The second kappa shape index (κ2) is 2.72. The van der Waals surface area contributed by atoms with Crippen LogP contribution in [-0.4, -0.2) is 11.4 Å². The van der Waals surface area contributed by atoms with Gasteiger partial charge in [-0.05, 0) is 19.4 Å². The predicted octanol–water partition coefficient (Wildman–Crippen LogP) is 2.13. The van der Waals surface area contributed by atoms with E-state index in [9.17, 15) is 0 Å². The smallest absolute Gasteiger partial charge is 0.0417 e. The molecule has 0 radical (unpaired) electrons. The zero-order valence-corrected chi connectivity index (χ0v) is 6.09. The fourth-order valence-corrected chi connectivity index (χ4v) is 0.697. The van der Waals surface area contributed by atoms with Crippen LogP contribution >= 0.6 is 0 Å². The van der Waals surface area contributed by atoms with Crippen molar-refractivity contribution in [1.29, 1.82) is 0 Å². The lowest BCUT2D eigenvalue weighted by Crippen LogP contribution is -2.17. The summed E-state index contributed by atoms with van der Waals surface area (Å²) in [6, 6.07) is 0. The van der Waals surface area contributed by atoms with Crippen molar-refractivity contribution in [2.24, 2.45) is 0 Å². The lowest BCUT2D eigenvalue weighted by Gasteiger charge is -2.21. The summed E-state index contributed by atoms with van der Waals surface area (Å²) in [7, 11) is 0. The fraction of sp³-hybridized carbons (Fsp3) is 0.500. The Morgan fingerprint density at radius 2 is 2.44 bits per heavy atom. The highest BCUT2D eigenvalue weighted by atomic mass is 15.1. The molecule has 0 saturated carbocycles. The van der Waals surface area contributed by atoms with Gasteiger partial charge < -0.3 is 4.90 Å². The molecular weight excluding hydrogens is 110 g/mol. The molecule has 0 unspecified atom stereocenters. The topological polar surface area (TPSA) is 3.24 Å². The summed E-state index contributed by atoms with van der Waals surface area (Å²) < 4.78 is 0. The van der Waals surface area contributed by atoms with Gasteiger partial charge in [-0.3, -0.25) is 0 Å². The molecule has 1 aliphatic rings. The molecule has 1 heteroatoms. The van der Waals surface area contributed by atoms with Crippen molar-refractivity contribution in [3.8, 4) is 0 Å². The highest BCUT2D eigenvalue weighted by Crippen LogP contribution is 2.07. The van der Waals surface area contributed by atoms with Gasteiger partial charge in [-0.1, -0.05) is 12.5 Å². The quantitative estimate of drug-likeness (QED) is 0.543. The lowest BCUT2D eigenvalue weighted by molar-refractivity contribution is 0.505. The van der Waals surface area contributed by atoms with Crippen LogP contribution in [0, 0.1) is 0 Å². The molecule has 0 aromatic rings. The highest BCUT2D eigenvalue weighted by molar-refractivity contribution is 5.07. The first-order valence-corrected chi connectivity index (χ1v) is 3.42. The summed E-state index contributed by atoms with van der Waals surface area (Å²) >= 11 is 0. The third-order valence-corrected chi connectivity index (χ3v) is 1.56. The SMILES string of the molecule is CC/C(C)=C\N1C=CC1. The molecule has 1 heterocycles. The molecule has 0 aromatic carbocycles. The van der Waals surface area contributed by atoms with Crippen LogP contribution in [0.3, 0.4) is 0 Å². The van der Waals surface area contributed by atoms with Gasteiger partial charge in [0, 0.05) is 18.9 Å². The summed E-state index contributed by atoms with van der Waals surface area (Å²) in [5.74, 6) is 0. The molecule has 0 aliphatic carbocycles. The Balaban J connectivity index is 2.37. The van der Waals surface area contributed by atoms with E-state index in [0.717, 1.165) is 13.0 Å². The van der Waals surface area contributed by atoms with Gasteiger partial charge in [0.05, 0.1) is 0 Å².